The number of hydrogen-bond donors (Lipinski definition) is 2. The smallest absolute Gasteiger partial charge is 0.253 e. The number of amides is 1. The highest BCUT2D eigenvalue weighted by molar-refractivity contribution is 5.99. The minimum atomic E-state index is 0.0373. The summed E-state index contributed by atoms with van der Waals surface area (Å²) in [5.41, 5.74) is 2.80. The average Bonchev–Trinajstić information content (AvgIpc) is 3.15. The van der Waals surface area contributed by atoms with Crippen molar-refractivity contribution in [1.82, 2.24) is 5.32 Å². The molecule has 0 atom stereocenters. The molecule has 0 aliphatic heterocycles. The molecule has 1 fully saturated rings. The molecule has 0 spiro atoms. The molecule has 1 aliphatic rings. The second kappa shape index (κ2) is 5.89. The molecule has 3 nitrogen and oxygen atoms in total. The second-order valence-corrected chi connectivity index (χ2v) is 5.07. The molecule has 1 aromatic rings. The molecule has 3 heteroatoms. The minimum Gasteiger partial charge on any atom is -0.385 e. The minimum absolute atomic E-state index is 0.0373. The summed E-state index contributed by atoms with van der Waals surface area (Å²) in [5.74, 6) is 0.895. The number of rotatable bonds is 6. The number of nitrogens with one attached hydrogen (secondary N) is 2. The first kappa shape index (κ1) is 12.9. The van der Waals surface area contributed by atoms with E-state index in [4.69, 9.17) is 0 Å². The SMILES string of the molecule is CCNc1ccc(C)cc1C(=O)NCCC1CC1. The van der Waals surface area contributed by atoms with Crippen molar-refractivity contribution in [1.29, 1.82) is 0 Å². The largest absolute Gasteiger partial charge is 0.385 e. The van der Waals surface area contributed by atoms with Gasteiger partial charge in [0.25, 0.3) is 5.91 Å². The zero-order chi connectivity index (χ0) is 13.0. The van der Waals surface area contributed by atoms with Gasteiger partial charge in [0.2, 0.25) is 0 Å². The van der Waals surface area contributed by atoms with Crippen molar-refractivity contribution in [3.8, 4) is 0 Å². The van der Waals surface area contributed by atoms with E-state index < -0.39 is 0 Å². The van der Waals surface area contributed by atoms with Crippen molar-refractivity contribution >= 4 is 11.6 Å². The van der Waals surface area contributed by atoms with Crippen LogP contribution in [0.5, 0.6) is 0 Å². The van der Waals surface area contributed by atoms with Crippen LogP contribution in [0.15, 0.2) is 18.2 Å². The first-order chi connectivity index (χ1) is 8.70. The molecule has 1 aliphatic carbocycles. The summed E-state index contributed by atoms with van der Waals surface area (Å²) >= 11 is 0. The molecule has 0 saturated heterocycles. The fourth-order valence-electron chi connectivity index (χ4n) is 2.08. The Hall–Kier alpha value is -1.51. The Balaban J connectivity index is 1.99. The van der Waals surface area contributed by atoms with Crippen LogP contribution < -0.4 is 10.6 Å². The number of carbonyl (C=O) groups is 1. The van der Waals surface area contributed by atoms with Gasteiger partial charge in [-0.2, -0.15) is 0 Å². The molecule has 0 heterocycles. The Morgan fingerprint density at radius 1 is 1.39 bits per heavy atom. The summed E-state index contributed by atoms with van der Waals surface area (Å²) in [6.07, 6.45) is 3.79. The molecule has 2 N–H and O–H groups in total. The summed E-state index contributed by atoms with van der Waals surface area (Å²) in [5, 5.41) is 6.25. The van der Waals surface area contributed by atoms with Crippen molar-refractivity contribution in [2.45, 2.75) is 33.1 Å². The molecule has 0 unspecified atom stereocenters. The molecule has 2 rings (SSSR count). The van der Waals surface area contributed by atoms with Crippen LogP contribution in [0.4, 0.5) is 5.69 Å². The topological polar surface area (TPSA) is 41.1 Å². The summed E-state index contributed by atoms with van der Waals surface area (Å²) < 4.78 is 0. The van der Waals surface area contributed by atoms with Gasteiger partial charge in [0.05, 0.1) is 5.56 Å². The Morgan fingerprint density at radius 3 is 2.83 bits per heavy atom. The Morgan fingerprint density at radius 2 is 2.17 bits per heavy atom. The Bertz CT molecular complexity index is 425. The van der Waals surface area contributed by atoms with Gasteiger partial charge in [-0.3, -0.25) is 4.79 Å². The number of carbonyl (C=O) groups excluding carboxylic acids is 1. The first-order valence-corrected chi connectivity index (χ1v) is 6.83. The van der Waals surface area contributed by atoms with Crippen LogP contribution in [0.1, 0.15) is 42.1 Å². The third-order valence-electron chi connectivity index (χ3n) is 3.32. The van der Waals surface area contributed by atoms with Crippen molar-refractivity contribution < 1.29 is 4.79 Å². The van der Waals surface area contributed by atoms with Crippen LogP contribution in [0, 0.1) is 12.8 Å². The van der Waals surface area contributed by atoms with E-state index in [0.29, 0.717) is 0 Å². The fraction of sp³-hybridized carbons (Fsp3) is 0.533. The summed E-state index contributed by atoms with van der Waals surface area (Å²) in [6, 6.07) is 5.96. The monoisotopic (exact) mass is 246 g/mol. The third-order valence-corrected chi connectivity index (χ3v) is 3.32. The zero-order valence-corrected chi connectivity index (χ0v) is 11.3. The highest BCUT2D eigenvalue weighted by atomic mass is 16.1. The molecule has 1 saturated carbocycles. The van der Waals surface area contributed by atoms with Crippen LogP contribution in [-0.4, -0.2) is 19.0 Å². The van der Waals surface area contributed by atoms with E-state index in [1.54, 1.807) is 0 Å². The predicted octanol–water partition coefficient (Wildman–Crippen LogP) is 2.96. The maximum Gasteiger partial charge on any atom is 0.253 e. The van der Waals surface area contributed by atoms with Crippen LogP contribution in [-0.2, 0) is 0 Å². The van der Waals surface area contributed by atoms with E-state index in [9.17, 15) is 4.79 Å². The van der Waals surface area contributed by atoms with Gasteiger partial charge in [0, 0.05) is 18.8 Å². The van der Waals surface area contributed by atoms with Gasteiger partial charge in [-0.05, 0) is 38.3 Å². The van der Waals surface area contributed by atoms with Gasteiger partial charge in [-0.1, -0.05) is 24.5 Å². The van der Waals surface area contributed by atoms with E-state index in [-0.39, 0.29) is 5.91 Å². The van der Waals surface area contributed by atoms with Gasteiger partial charge >= 0.3 is 0 Å². The average molecular weight is 246 g/mol. The van der Waals surface area contributed by atoms with E-state index in [2.05, 4.69) is 10.6 Å². The fourth-order valence-corrected chi connectivity index (χ4v) is 2.08. The lowest BCUT2D eigenvalue weighted by atomic mass is 10.1. The number of benzene rings is 1. The molecule has 98 valence electrons. The lowest BCUT2D eigenvalue weighted by Crippen LogP contribution is -2.25. The van der Waals surface area contributed by atoms with Crippen LogP contribution in [0.3, 0.4) is 0 Å². The van der Waals surface area contributed by atoms with Gasteiger partial charge in [-0.25, -0.2) is 0 Å². The molecule has 0 radical (unpaired) electrons. The lowest BCUT2D eigenvalue weighted by molar-refractivity contribution is 0.0953. The number of anilines is 1. The van der Waals surface area contributed by atoms with Gasteiger partial charge in [-0.15, -0.1) is 0 Å². The van der Waals surface area contributed by atoms with Crippen molar-refractivity contribution in [2.75, 3.05) is 18.4 Å². The maximum atomic E-state index is 12.1. The lowest BCUT2D eigenvalue weighted by Gasteiger charge is -2.12. The van der Waals surface area contributed by atoms with Crippen molar-refractivity contribution in [3.05, 3.63) is 29.3 Å². The molecule has 18 heavy (non-hydrogen) atoms. The molecule has 0 bridgehead atoms. The predicted molar refractivity (Wildman–Crippen MR) is 75.0 cm³/mol. The van der Waals surface area contributed by atoms with Crippen LogP contribution >= 0.6 is 0 Å². The molecule has 0 aromatic heterocycles. The van der Waals surface area contributed by atoms with Gasteiger partial charge in [0.1, 0.15) is 0 Å². The normalized spacial score (nSPS) is 14.3. The second-order valence-electron chi connectivity index (χ2n) is 5.07. The summed E-state index contributed by atoms with van der Waals surface area (Å²) in [6.45, 7) is 5.67. The zero-order valence-electron chi connectivity index (χ0n) is 11.3. The van der Waals surface area contributed by atoms with E-state index in [0.717, 1.165) is 42.2 Å². The third kappa shape index (κ3) is 3.49. The summed E-state index contributed by atoms with van der Waals surface area (Å²) in [4.78, 5) is 12.1. The highest BCUT2D eigenvalue weighted by Crippen LogP contribution is 2.31. The van der Waals surface area contributed by atoms with Gasteiger partial charge < -0.3 is 10.6 Å². The van der Waals surface area contributed by atoms with E-state index in [1.807, 2.05) is 32.0 Å². The van der Waals surface area contributed by atoms with Gasteiger partial charge in [0.15, 0.2) is 0 Å². The Kier molecular flexibility index (Phi) is 4.24. The Labute approximate surface area is 109 Å². The van der Waals surface area contributed by atoms with Crippen LogP contribution in [0.2, 0.25) is 0 Å². The number of hydrogen-bond acceptors (Lipinski definition) is 2. The molecule has 1 amide bonds. The first-order valence-electron chi connectivity index (χ1n) is 6.83. The standard InChI is InChI=1S/C15H22N2O/c1-3-16-14-7-4-11(2)10-13(14)15(18)17-9-8-12-5-6-12/h4,7,10,12,16H,3,5-6,8-9H2,1-2H3,(H,17,18). The van der Waals surface area contributed by atoms with Crippen molar-refractivity contribution in [3.63, 3.8) is 0 Å². The van der Waals surface area contributed by atoms with E-state index >= 15 is 0 Å². The highest BCUT2D eigenvalue weighted by Gasteiger charge is 2.21. The summed E-state index contributed by atoms with van der Waals surface area (Å²) in [7, 11) is 0. The molecule has 1 aromatic carbocycles. The molecular weight excluding hydrogens is 224 g/mol. The van der Waals surface area contributed by atoms with E-state index in [1.165, 1.54) is 12.8 Å². The number of aryl methyl sites for hydroxylation is 1. The molecular formula is C15H22N2O. The quantitative estimate of drug-likeness (QED) is 0.810. The maximum absolute atomic E-state index is 12.1. The van der Waals surface area contributed by atoms with Crippen LogP contribution in [0.25, 0.3) is 0 Å². The van der Waals surface area contributed by atoms with Crippen molar-refractivity contribution in [2.24, 2.45) is 5.92 Å².